The van der Waals surface area contributed by atoms with Crippen LogP contribution in [0.4, 0.5) is 0 Å². The van der Waals surface area contributed by atoms with Crippen molar-refractivity contribution in [3.8, 4) is 51.1 Å². The summed E-state index contributed by atoms with van der Waals surface area (Å²) in [7, 11) is 0. The topological polar surface area (TPSA) is 69.6 Å². The van der Waals surface area contributed by atoms with Crippen molar-refractivity contribution in [2.45, 2.75) is 0 Å². The van der Waals surface area contributed by atoms with Gasteiger partial charge in [0.1, 0.15) is 11.2 Å². The maximum absolute atomic E-state index is 6.55. The van der Waals surface area contributed by atoms with Crippen LogP contribution in [0, 0.1) is 0 Å². The normalized spacial score (nSPS) is 11.6. The number of rotatable bonds is 5. The van der Waals surface area contributed by atoms with E-state index in [1.165, 1.54) is 10.8 Å². The van der Waals surface area contributed by atoms with Crippen LogP contribution in [0.15, 0.2) is 168 Å². The highest BCUT2D eigenvalue weighted by atomic mass is 16.3. The van der Waals surface area contributed by atoms with E-state index in [0.717, 1.165) is 66.6 Å². The van der Waals surface area contributed by atoms with Gasteiger partial charge in [-0.15, -0.1) is 0 Å². The van der Waals surface area contributed by atoms with Crippen molar-refractivity contribution in [1.29, 1.82) is 0 Å². The standard InChI is InChI=1S/C44H27N5O/c1-3-12-28(13-4-1)42-46-43(29-14-5-2-6-15-29)48-44(47-42)31-24-25-45-35(27-31)30-16-9-17-32(26-30)49-36-20-10-19-34-33-18-7-8-22-38(33)50-39-23-11-21-37(49)41(39)40(34)36/h1-27H. The van der Waals surface area contributed by atoms with E-state index in [4.69, 9.17) is 24.4 Å². The molecule has 0 aliphatic rings. The van der Waals surface area contributed by atoms with Crippen molar-refractivity contribution >= 4 is 43.7 Å². The maximum Gasteiger partial charge on any atom is 0.164 e. The van der Waals surface area contributed by atoms with Crippen LogP contribution in [0.1, 0.15) is 0 Å². The lowest BCUT2D eigenvalue weighted by molar-refractivity contribution is 0.664. The average molecular weight is 642 g/mol. The molecule has 0 bridgehead atoms. The summed E-state index contributed by atoms with van der Waals surface area (Å²) in [5.74, 6) is 1.84. The Labute approximate surface area is 287 Å². The molecule has 0 N–H and O–H groups in total. The van der Waals surface area contributed by atoms with Gasteiger partial charge >= 0.3 is 0 Å². The Bertz CT molecular complexity index is 2820. The molecule has 6 heteroatoms. The second-order valence-corrected chi connectivity index (χ2v) is 12.3. The second kappa shape index (κ2) is 11.4. The number of benzene rings is 6. The van der Waals surface area contributed by atoms with Crippen LogP contribution >= 0.6 is 0 Å². The Kier molecular flexibility index (Phi) is 6.39. The molecule has 10 aromatic rings. The van der Waals surface area contributed by atoms with E-state index in [2.05, 4.69) is 83.4 Å². The smallest absolute Gasteiger partial charge is 0.164 e. The number of hydrogen-bond donors (Lipinski definition) is 0. The molecule has 6 nitrogen and oxygen atoms in total. The number of aromatic nitrogens is 5. The quantitative estimate of drug-likeness (QED) is 0.187. The summed E-state index contributed by atoms with van der Waals surface area (Å²) in [6.45, 7) is 0. The first kappa shape index (κ1) is 28.1. The second-order valence-electron chi connectivity index (χ2n) is 12.3. The van der Waals surface area contributed by atoms with Crippen LogP contribution < -0.4 is 0 Å². The predicted octanol–water partition coefficient (Wildman–Crippen LogP) is 10.9. The molecule has 6 aromatic carbocycles. The van der Waals surface area contributed by atoms with Gasteiger partial charge in [-0.3, -0.25) is 4.98 Å². The fourth-order valence-electron chi connectivity index (χ4n) is 7.03. The number of pyridine rings is 1. The third-order valence-electron chi connectivity index (χ3n) is 9.29. The number of fused-ring (bicyclic) bond motifs is 2. The molecule has 10 rings (SSSR count). The minimum atomic E-state index is 0.592. The van der Waals surface area contributed by atoms with Gasteiger partial charge in [-0.2, -0.15) is 0 Å². The van der Waals surface area contributed by atoms with Crippen molar-refractivity contribution in [2.24, 2.45) is 0 Å². The summed E-state index contributed by atoms with van der Waals surface area (Å²) < 4.78 is 8.88. The highest BCUT2D eigenvalue weighted by Gasteiger charge is 2.19. The van der Waals surface area contributed by atoms with Crippen molar-refractivity contribution in [1.82, 2.24) is 24.5 Å². The van der Waals surface area contributed by atoms with Gasteiger partial charge in [0.05, 0.1) is 22.1 Å². The van der Waals surface area contributed by atoms with Gasteiger partial charge in [0.2, 0.25) is 0 Å². The third-order valence-corrected chi connectivity index (χ3v) is 9.29. The van der Waals surface area contributed by atoms with Crippen LogP contribution in [-0.2, 0) is 0 Å². The first-order valence-corrected chi connectivity index (χ1v) is 16.6. The molecule has 0 fully saturated rings. The van der Waals surface area contributed by atoms with E-state index in [0.29, 0.717) is 17.5 Å². The summed E-state index contributed by atoms with van der Waals surface area (Å²) in [5.41, 5.74) is 9.51. The summed E-state index contributed by atoms with van der Waals surface area (Å²) in [6, 6.07) is 53.7. The third kappa shape index (κ3) is 4.58. The van der Waals surface area contributed by atoms with E-state index in [1.54, 1.807) is 0 Å². The van der Waals surface area contributed by atoms with Gasteiger partial charge in [0, 0.05) is 44.9 Å². The first-order valence-electron chi connectivity index (χ1n) is 16.6. The zero-order valence-corrected chi connectivity index (χ0v) is 26.7. The number of para-hydroxylation sites is 1. The van der Waals surface area contributed by atoms with Crippen molar-refractivity contribution in [3.05, 3.63) is 164 Å². The fraction of sp³-hybridized carbons (Fsp3) is 0. The van der Waals surface area contributed by atoms with Gasteiger partial charge in [0.15, 0.2) is 17.5 Å². The zero-order chi connectivity index (χ0) is 33.0. The molecule has 0 radical (unpaired) electrons. The molecule has 0 spiro atoms. The van der Waals surface area contributed by atoms with Gasteiger partial charge < -0.3 is 8.98 Å². The van der Waals surface area contributed by atoms with Crippen LogP contribution in [0.25, 0.3) is 94.9 Å². The lowest BCUT2D eigenvalue weighted by Crippen LogP contribution is -2.00. The monoisotopic (exact) mass is 641 g/mol. The molecule has 50 heavy (non-hydrogen) atoms. The number of nitrogens with zero attached hydrogens (tertiary/aromatic N) is 5. The minimum absolute atomic E-state index is 0.592. The maximum atomic E-state index is 6.55. The van der Waals surface area contributed by atoms with E-state index in [1.807, 2.05) is 85.1 Å². The lowest BCUT2D eigenvalue weighted by atomic mass is 10.1. The Morgan fingerprint density at radius 3 is 1.76 bits per heavy atom. The van der Waals surface area contributed by atoms with Crippen molar-refractivity contribution in [2.75, 3.05) is 0 Å². The van der Waals surface area contributed by atoms with E-state index in [9.17, 15) is 0 Å². The minimum Gasteiger partial charge on any atom is -0.456 e. The number of hydrogen-bond acceptors (Lipinski definition) is 5. The molecule has 0 saturated carbocycles. The van der Waals surface area contributed by atoms with Crippen LogP contribution in [-0.4, -0.2) is 24.5 Å². The molecule has 0 amide bonds. The van der Waals surface area contributed by atoms with E-state index in [-0.39, 0.29) is 0 Å². The summed E-state index contributed by atoms with van der Waals surface area (Å²) in [5, 5.41) is 4.55. The first-order chi connectivity index (χ1) is 24.8. The Morgan fingerprint density at radius 1 is 0.420 bits per heavy atom. The van der Waals surface area contributed by atoms with E-state index < -0.39 is 0 Å². The SMILES string of the molecule is c1ccc(-c2nc(-c3ccccc3)nc(-c3ccnc(-c4cccc(-n5c6cccc7oc8ccccc8c8cccc5c8c76)c4)c3)n2)cc1. The molecule has 0 aliphatic carbocycles. The van der Waals surface area contributed by atoms with E-state index >= 15 is 0 Å². The zero-order valence-electron chi connectivity index (χ0n) is 26.7. The molecule has 4 heterocycles. The van der Waals surface area contributed by atoms with Crippen LogP contribution in [0.5, 0.6) is 0 Å². The predicted molar refractivity (Wildman–Crippen MR) is 201 cm³/mol. The van der Waals surface area contributed by atoms with Gasteiger partial charge in [0.25, 0.3) is 0 Å². The van der Waals surface area contributed by atoms with Gasteiger partial charge in [-0.25, -0.2) is 15.0 Å². The molecule has 234 valence electrons. The Hall–Kier alpha value is -6.92. The summed E-state index contributed by atoms with van der Waals surface area (Å²) in [6.07, 6.45) is 1.82. The Morgan fingerprint density at radius 2 is 1.00 bits per heavy atom. The average Bonchev–Trinajstić information content (AvgIpc) is 3.46. The molecule has 0 atom stereocenters. The van der Waals surface area contributed by atoms with Crippen molar-refractivity contribution < 1.29 is 4.42 Å². The Balaban J connectivity index is 1.13. The molecule has 0 saturated heterocycles. The van der Waals surface area contributed by atoms with Crippen LogP contribution in [0.3, 0.4) is 0 Å². The fourth-order valence-corrected chi connectivity index (χ4v) is 7.03. The molecule has 0 unspecified atom stereocenters. The molecular formula is C44H27N5O. The molecular weight excluding hydrogens is 615 g/mol. The largest absolute Gasteiger partial charge is 0.456 e. The van der Waals surface area contributed by atoms with Gasteiger partial charge in [-0.05, 0) is 53.9 Å². The highest BCUT2D eigenvalue weighted by molar-refractivity contribution is 6.26. The molecule has 0 aliphatic heterocycles. The summed E-state index contributed by atoms with van der Waals surface area (Å²) in [4.78, 5) is 19.6. The van der Waals surface area contributed by atoms with Crippen molar-refractivity contribution in [3.63, 3.8) is 0 Å². The molecule has 4 aromatic heterocycles. The summed E-state index contributed by atoms with van der Waals surface area (Å²) >= 11 is 0. The lowest BCUT2D eigenvalue weighted by Gasteiger charge is -2.11. The van der Waals surface area contributed by atoms with Crippen LogP contribution in [0.2, 0.25) is 0 Å². The highest BCUT2D eigenvalue weighted by Crippen LogP contribution is 2.41. The van der Waals surface area contributed by atoms with Gasteiger partial charge in [-0.1, -0.05) is 109 Å².